The van der Waals surface area contributed by atoms with E-state index < -0.39 is 10.8 Å². The third-order valence-corrected chi connectivity index (χ3v) is 4.44. The van der Waals surface area contributed by atoms with Gasteiger partial charge in [0.2, 0.25) is 5.91 Å². The molecule has 0 aliphatic carbocycles. The average molecular weight is 303 g/mol. The minimum Gasteiger partial charge on any atom is -0.398 e. The van der Waals surface area contributed by atoms with Crippen LogP contribution in [0, 0.1) is 0 Å². The molecule has 1 aromatic rings. The van der Waals surface area contributed by atoms with E-state index in [4.69, 9.17) is 22.1 Å². The number of carbonyl (C=O) groups excluding carboxylic acids is 1. The SMILES string of the molecule is Nc1cc(Cl)ccc1S(=O)CC(=O)N1CCOCC1. The molecular formula is C12H15ClN2O3S. The quantitative estimate of drug-likeness (QED) is 0.842. The molecule has 5 nitrogen and oxygen atoms in total. The van der Waals surface area contributed by atoms with Crippen molar-refractivity contribution in [3.8, 4) is 0 Å². The van der Waals surface area contributed by atoms with Crippen LogP contribution in [0.3, 0.4) is 0 Å². The summed E-state index contributed by atoms with van der Waals surface area (Å²) in [5.41, 5.74) is 6.10. The number of hydrogen-bond donors (Lipinski definition) is 1. The molecule has 0 aromatic heterocycles. The topological polar surface area (TPSA) is 72.6 Å². The summed E-state index contributed by atoms with van der Waals surface area (Å²) >= 11 is 5.78. The smallest absolute Gasteiger partial charge is 0.235 e. The van der Waals surface area contributed by atoms with Crippen molar-refractivity contribution in [2.75, 3.05) is 37.8 Å². The van der Waals surface area contributed by atoms with Gasteiger partial charge in [-0.05, 0) is 18.2 Å². The number of anilines is 1. The van der Waals surface area contributed by atoms with E-state index in [9.17, 15) is 9.00 Å². The number of amides is 1. The number of ether oxygens (including phenoxy) is 1. The van der Waals surface area contributed by atoms with Crippen molar-refractivity contribution in [2.45, 2.75) is 4.90 Å². The molecule has 1 amide bonds. The Bertz CT molecular complexity index is 504. The first-order valence-corrected chi connectivity index (χ1v) is 7.56. The minimum absolute atomic E-state index is 0.0637. The maximum Gasteiger partial charge on any atom is 0.235 e. The molecule has 0 spiro atoms. The van der Waals surface area contributed by atoms with Crippen LogP contribution in [0.25, 0.3) is 0 Å². The number of hydrogen-bond acceptors (Lipinski definition) is 4. The van der Waals surface area contributed by atoms with E-state index in [0.29, 0.717) is 41.9 Å². The van der Waals surface area contributed by atoms with Crippen LogP contribution in [0.15, 0.2) is 23.1 Å². The molecular weight excluding hydrogens is 288 g/mol. The first-order valence-electron chi connectivity index (χ1n) is 5.87. The fourth-order valence-electron chi connectivity index (χ4n) is 1.82. The lowest BCUT2D eigenvalue weighted by molar-refractivity contribution is -0.132. The van der Waals surface area contributed by atoms with Crippen molar-refractivity contribution in [3.05, 3.63) is 23.2 Å². The van der Waals surface area contributed by atoms with Crippen LogP contribution in [0.2, 0.25) is 5.02 Å². The first kappa shape index (κ1) is 14.3. The summed E-state index contributed by atoms with van der Waals surface area (Å²) in [6.45, 7) is 2.15. The molecule has 19 heavy (non-hydrogen) atoms. The predicted molar refractivity (Wildman–Crippen MR) is 74.5 cm³/mol. The van der Waals surface area contributed by atoms with Crippen LogP contribution in [0.4, 0.5) is 5.69 Å². The van der Waals surface area contributed by atoms with E-state index in [-0.39, 0.29) is 11.7 Å². The number of nitrogens with zero attached hydrogens (tertiary/aromatic N) is 1. The first-order chi connectivity index (χ1) is 9.08. The largest absolute Gasteiger partial charge is 0.398 e. The number of morpholine rings is 1. The second-order valence-corrected chi connectivity index (χ2v) is 6.02. The van der Waals surface area contributed by atoms with Crippen LogP contribution >= 0.6 is 11.6 Å². The molecule has 104 valence electrons. The van der Waals surface area contributed by atoms with Gasteiger partial charge in [0, 0.05) is 23.8 Å². The summed E-state index contributed by atoms with van der Waals surface area (Å²) in [6, 6.07) is 4.75. The number of carbonyl (C=O) groups is 1. The van der Waals surface area contributed by atoms with Gasteiger partial charge in [-0.3, -0.25) is 9.00 Å². The number of nitrogens with two attached hydrogens (primary N) is 1. The van der Waals surface area contributed by atoms with E-state index >= 15 is 0 Å². The second kappa shape index (κ2) is 6.36. The summed E-state index contributed by atoms with van der Waals surface area (Å²) in [4.78, 5) is 14.1. The molecule has 2 rings (SSSR count). The highest BCUT2D eigenvalue weighted by Gasteiger charge is 2.20. The summed E-state index contributed by atoms with van der Waals surface area (Å²) in [7, 11) is -1.45. The second-order valence-electron chi connectivity index (χ2n) is 4.17. The molecule has 1 atom stereocenters. The Balaban J connectivity index is 2.02. The van der Waals surface area contributed by atoms with Gasteiger partial charge < -0.3 is 15.4 Å². The van der Waals surface area contributed by atoms with E-state index in [1.807, 2.05) is 0 Å². The van der Waals surface area contributed by atoms with Crippen LogP contribution in [-0.2, 0) is 20.3 Å². The highest BCUT2D eigenvalue weighted by Crippen LogP contribution is 2.21. The van der Waals surface area contributed by atoms with Crippen molar-refractivity contribution in [1.82, 2.24) is 4.90 Å². The number of benzene rings is 1. The van der Waals surface area contributed by atoms with Gasteiger partial charge in [0.05, 0.1) is 28.9 Å². The van der Waals surface area contributed by atoms with E-state index in [2.05, 4.69) is 0 Å². The summed E-state index contributed by atoms with van der Waals surface area (Å²) in [5.74, 6) is -0.206. The van der Waals surface area contributed by atoms with E-state index in [1.165, 1.54) is 6.07 Å². The van der Waals surface area contributed by atoms with E-state index in [1.54, 1.807) is 17.0 Å². The standard InChI is InChI=1S/C12H15ClN2O3S/c13-9-1-2-11(10(14)7-9)19(17)8-12(16)15-3-5-18-6-4-15/h1-2,7H,3-6,8,14H2. The van der Waals surface area contributed by atoms with Crippen molar-refractivity contribution in [1.29, 1.82) is 0 Å². The van der Waals surface area contributed by atoms with E-state index in [0.717, 1.165) is 0 Å². The Morgan fingerprint density at radius 3 is 2.74 bits per heavy atom. The molecule has 1 aliphatic heterocycles. The summed E-state index contributed by atoms with van der Waals surface area (Å²) < 4.78 is 17.3. The normalized spacial score (nSPS) is 17.2. The van der Waals surface area contributed by atoms with Crippen LogP contribution in [0.5, 0.6) is 0 Å². The molecule has 0 saturated carbocycles. The van der Waals surface area contributed by atoms with Gasteiger partial charge in [-0.1, -0.05) is 11.6 Å². The molecule has 2 N–H and O–H groups in total. The fourth-order valence-corrected chi connectivity index (χ4v) is 3.11. The predicted octanol–water partition coefficient (Wildman–Crippen LogP) is 0.889. The van der Waals surface area contributed by atoms with Gasteiger partial charge in [0.1, 0.15) is 5.75 Å². The highest BCUT2D eigenvalue weighted by atomic mass is 35.5. The van der Waals surface area contributed by atoms with Gasteiger partial charge in [-0.2, -0.15) is 0 Å². The highest BCUT2D eigenvalue weighted by molar-refractivity contribution is 7.86. The molecule has 1 aromatic carbocycles. The zero-order valence-corrected chi connectivity index (χ0v) is 11.9. The van der Waals surface area contributed by atoms with Gasteiger partial charge in [-0.15, -0.1) is 0 Å². The van der Waals surface area contributed by atoms with Gasteiger partial charge in [0.25, 0.3) is 0 Å². The molecule has 1 unspecified atom stereocenters. The molecule has 7 heteroatoms. The number of rotatable bonds is 3. The Morgan fingerprint density at radius 2 is 2.11 bits per heavy atom. The van der Waals surface area contributed by atoms with Crippen LogP contribution < -0.4 is 5.73 Å². The van der Waals surface area contributed by atoms with Crippen molar-refractivity contribution >= 4 is 34.0 Å². The average Bonchev–Trinajstić information content (AvgIpc) is 2.39. The lowest BCUT2D eigenvalue weighted by Gasteiger charge is -2.26. The monoisotopic (exact) mass is 302 g/mol. The fraction of sp³-hybridized carbons (Fsp3) is 0.417. The number of nitrogen functional groups attached to an aromatic ring is 1. The minimum atomic E-state index is -1.45. The van der Waals surface area contributed by atoms with Crippen molar-refractivity contribution < 1.29 is 13.7 Å². The van der Waals surface area contributed by atoms with Crippen LogP contribution in [0.1, 0.15) is 0 Å². The summed E-state index contributed by atoms with van der Waals surface area (Å²) in [6.07, 6.45) is 0. The lowest BCUT2D eigenvalue weighted by Crippen LogP contribution is -2.42. The third kappa shape index (κ3) is 3.68. The Labute approximate surface area is 119 Å². The summed E-state index contributed by atoms with van der Waals surface area (Å²) in [5, 5.41) is 0.484. The van der Waals surface area contributed by atoms with Gasteiger partial charge in [0.15, 0.2) is 0 Å². The Kier molecular flexibility index (Phi) is 4.79. The van der Waals surface area contributed by atoms with Crippen molar-refractivity contribution in [3.63, 3.8) is 0 Å². The maximum atomic E-state index is 12.1. The molecule has 0 bridgehead atoms. The zero-order chi connectivity index (χ0) is 13.8. The number of halogens is 1. The molecule has 0 radical (unpaired) electrons. The van der Waals surface area contributed by atoms with Gasteiger partial charge >= 0.3 is 0 Å². The lowest BCUT2D eigenvalue weighted by atomic mass is 10.3. The maximum absolute atomic E-state index is 12.1. The molecule has 1 fully saturated rings. The molecule has 1 aliphatic rings. The third-order valence-electron chi connectivity index (χ3n) is 2.84. The Morgan fingerprint density at radius 1 is 1.42 bits per heavy atom. The molecule has 1 saturated heterocycles. The Hall–Kier alpha value is -1.11. The van der Waals surface area contributed by atoms with Gasteiger partial charge in [-0.25, -0.2) is 0 Å². The van der Waals surface area contributed by atoms with Crippen LogP contribution in [-0.4, -0.2) is 47.1 Å². The molecule has 1 heterocycles. The zero-order valence-electron chi connectivity index (χ0n) is 10.3. The van der Waals surface area contributed by atoms with Crippen molar-refractivity contribution in [2.24, 2.45) is 0 Å².